The summed E-state index contributed by atoms with van der Waals surface area (Å²) in [7, 11) is 0. The van der Waals surface area contributed by atoms with Crippen LogP contribution in [0.25, 0.3) is 0 Å². The zero-order chi connectivity index (χ0) is 9.14. The summed E-state index contributed by atoms with van der Waals surface area (Å²) in [4.78, 5) is 0. The first kappa shape index (κ1) is 9.71. The molecule has 0 amide bonds. The lowest BCUT2D eigenvalue weighted by Crippen LogP contribution is -2.36. The third kappa shape index (κ3) is 2.59. The number of aliphatic hydroxyl groups is 2. The first-order valence-corrected chi connectivity index (χ1v) is 4.29. The molecule has 4 atom stereocenters. The smallest absolute Gasteiger partial charge is 0.0984 e. The molecule has 0 aromatic carbocycles. The molecule has 1 aliphatic rings. The zero-order valence-corrected chi connectivity index (χ0v) is 7.47. The van der Waals surface area contributed by atoms with Crippen molar-refractivity contribution < 1.29 is 14.9 Å². The van der Waals surface area contributed by atoms with Crippen molar-refractivity contribution in [1.82, 2.24) is 0 Å². The van der Waals surface area contributed by atoms with Crippen LogP contribution in [0.5, 0.6) is 0 Å². The molecule has 70 valence electrons. The van der Waals surface area contributed by atoms with Crippen LogP contribution in [0.3, 0.4) is 0 Å². The fraction of sp³-hybridized carbons (Fsp3) is 0.778. The van der Waals surface area contributed by atoms with Crippen LogP contribution in [0.2, 0.25) is 0 Å². The van der Waals surface area contributed by atoms with Gasteiger partial charge in [-0.15, -0.1) is 0 Å². The van der Waals surface area contributed by atoms with Crippen LogP contribution >= 0.6 is 0 Å². The van der Waals surface area contributed by atoms with Crippen molar-refractivity contribution >= 4 is 0 Å². The molecule has 1 heterocycles. The first-order chi connectivity index (χ1) is 5.59. The highest BCUT2D eigenvalue weighted by Crippen LogP contribution is 2.16. The Morgan fingerprint density at radius 2 is 2.17 bits per heavy atom. The van der Waals surface area contributed by atoms with Gasteiger partial charge in [-0.2, -0.15) is 0 Å². The van der Waals surface area contributed by atoms with Gasteiger partial charge in [0.1, 0.15) is 0 Å². The molecule has 12 heavy (non-hydrogen) atoms. The molecule has 0 aromatic rings. The van der Waals surface area contributed by atoms with E-state index in [1.54, 1.807) is 13.0 Å². The van der Waals surface area contributed by atoms with Crippen molar-refractivity contribution in [2.45, 2.75) is 44.7 Å². The molecule has 1 aliphatic heterocycles. The average molecular weight is 172 g/mol. The molecule has 2 N–H and O–H groups in total. The van der Waals surface area contributed by atoms with Crippen molar-refractivity contribution in [3.8, 4) is 0 Å². The highest BCUT2D eigenvalue weighted by Gasteiger charge is 2.24. The molecule has 0 aliphatic carbocycles. The minimum atomic E-state index is -0.573. The lowest BCUT2D eigenvalue weighted by Gasteiger charge is -2.28. The summed E-state index contributed by atoms with van der Waals surface area (Å²) >= 11 is 0. The number of aliphatic hydroxyl groups excluding tert-OH is 2. The number of ether oxygens (including phenoxy) is 1. The number of hydrogen-bond donors (Lipinski definition) is 2. The molecule has 0 saturated heterocycles. The summed E-state index contributed by atoms with van der Waals surface area (Å²) in [5, 5.41) is 18.5. The van der Waals surface area contributed by atoms with Crippen LogP contribution in [0.4, 0.5) is 0 Å². The Labute approximate surface area is 72.7 Å². The molecule has 0 saturated carbocycles. The molecular formula is C9H16O3. The van der Waals surface area contributed by atoms with Gasteiger partial charge >= 0.3 is 0 Å². The number of rotatable bonds is 2. The Balaban J connectivity index is 2.48. The summed E-state index contributed by atoms with van der Waals surface area (Å²) in [6.07, 6.45) is 2.81. The lowest BCUT2D eigenvalue weighted by atomic mass is 10.0. The van der Waals surface area contributed by atoms with Crippen molar-refractivity contribution in [2.75, 3.05) is 0 Å². The van der Waals surface area contributed by atoms with E-state index in [1.807, 2.05) is 13.0 Å². The standard InChI is InChI=1S/C9H16O3/c1-6(10)5-9-8(11)4-3-7(2)12-9/h3-4,6-11H,5H2,1-2H3/t6-,7+,8+,9+/m0/s1. The molecule has 0 bridgehead atoms. The van der Waals surface area contributed by atoms with Crippen LogP contribution in [-0.2, 0) is 4.74 Å². The second kappa shape index (κ2) is 4.03. The summed E-state index contributed by atoms with van der Waals surface area (Å²) in [6.45, 7) is 3.61. The molecule has 0 aromatic heterocycles. The normalized spacial score (nSPS) is 38.2. The quantitative estimate of drug-likeness (QED) is 0.595. The van der Waals surface area contributed by atoms with Crippen LogP contribution in [0.15, 0.2) is 12.2 Å². The second-order valence-corrected chi connectivity index (χ2v) is 3.34. The Hall–Kier alpha value is -0.380. The van der Waals surface area contributed by atoms with Gasteiger partial charge in [-0.3, -0.25) is 0 Å². The molecule has 0 fully saturated rings. The Morgan fingerprint density at radius 1 is 1.50 bits per heavy atom. The fourth-order valence-electron chi connectivity index (χ4n) is 1.33. The Bertz CT molecular complexity index is 165. The largest absolute Gasteiger partial charge is 0.393 e. The Kier molecular flexibility index (Phi) is 3.26. The highest BCUT2D eigenvalue weighted by atomic mass is 16.5. The van der Waals surface area contributed by atoms with Crippen molar-refractivity contribution in [1.29, 1.82) is 0 Å². The first-order valence-electron chi connectivity index (χ1n) is 4.29. The van der Waals surface area contributed by atoms with Gasteiger partial charge in [-0.25, -0.2) is 0 Å². The van der Waals surface area contributed by atoms with E-state index in [0.717, 1.165) is 0 Å². The van der Waals surface area contributed by atoms with E-state index >= 15 is 0 Å². The van der Waals surface area contributed by atoms with E-state index < -0.39 is 12.2 Å². The van der Waals surface area contributed by atoms with Gasteiger partial charge in [-0.05, 0) is 13.8 Å². The van der Waals surface area contributed by atoms with E-state index in [0.29, 0.717) is 6.42 Å². The molecule has 1 rings (SSSR count). The second-order valence-electron chi connectivity index (χ2n) is 3.34. The van der Waals surface area contributed by atoms with Crippen molar-refractivity contribution in [3.63, 3.8) is 0 Å². The van der Waals surface area contributed by atoms with Crippen LogP contribution < -0.4 is 0 Å². The van der Waals surface area contributed by atoms with Gasteiger partial charge in [-0.1, -0.05) is 12.2 Å². The van der Waals surface area contributed by atoms with Gasteiger partial charge in [0.25, 0.3) is 0 Å². The predicted octanol–water partition coefficient (Wildman–Crippen LogP) is 0.462. The minimum absolute atomic E-state index is 0.0390. The molecule has 0 radical (unpaired) electrons. The summed E-state index contributed by atoms with van der Waals surface area (Å²) in [5.41, 5.74) is 0. The van der Waals surface area contributed by atoms with Crippen LogP contribution in [0, 0.1) is 0 Å². The van der Waals surface area contributed by atoms with Gasteiger partial charge < -0.3 is 14.9 Å². The van der Waals surface area contributed by atoms with Crippen molar-refractivity contribution in [2.24, 2.45) is 0 Å². The van der Waals surface area contributed by atoms with E-state index in [2.05, 4.69) is 0 Å². The summed E-state index contributed by atoms with van der Waals surface area (Å²) < 4.78 is 5.41. The van der Waals surface area contributed by atoms with Gasteiger partial charge in [0.2, 0.25) is 0 Å². The highest BCUT2D eigenvalue weighted by molar-refractivity contribution is 5.01. The molecular weight excluding hydrogens is 156 g/mol. The zero-order valence-electron chi connectivity index (χ0n) is 7.47. The van der Waals surface area contributed by atoms with E-state index in [9.17, 15) is 5.11 Å². The van der Waals surface area contributed by atoms with Crippen LogP contribution in [-0.4, -0.2) is 34.6 Å². The predicted molar refractivity (Wildman–Crippen MR) is 45.8 cm³/mol. The van der Waals surface area contributed by atoms with Gasteiger partial charge in [0.15, 0.2) is 0 Å². The fourth-order valence-corrected chi connectivity index (χ4v) is 1.33. The third-order valence-corrected chi connectivity index (χ3v) is 1.92. The maximum absolute atomic E-state index is 9.41. The minimum Gasteiger partial charge on any atom is -0.393 e. The maximum Gasteiger partial charge on any atom is 0.0984 e. The molecule has 3 nitrogen and oxygen atoms in total. The summed E-state index contributed by atoms with van der Waals surface area (Å²) in [6, 6.07) is 0. The molecule has 3 heteroatoms. The molecule has 0 unspecified atom stereocenters. The SMILES string of the molecule is C[C@H](O)C[C@H]1O[C@H](C)C=C[C@H]1O. The van der Waals surface area contributed by atoms with Crippen LogP contribution in [0.1, 0.15) is 20.3 Å². The van der Waals surface area contributed by atoms with E-state index in [4.69, 9.17) is 9.84 Å². The summed E-state index contributed by atoms with van der Waals surface area (Å²) in [5.74, 6) is 0. The van der Waals surface area contributed by atoms with E-state index in [1.165, 1.54) is 0 Å². The van der Waals surface area contributed by atoms with Crippen molar-refractivity contribution in [3.05, 3.63) is 12.2 Å². The average Bonchev–Trinajstić information content (AvgIpc) is 1.96. The lowest BCUT2D eigenvalue weighted by molar-refractivity contribution is -0.0682. The third-order valence-electron chi connectivity index (χ3n) is 1.92. The monoisotopic (exact) mass is 172 g/mol. The van der Waals surface area contributed by atoms with Gasteiger partial charge in [0.05, 0.1) is 24.4 Å². The van der Waals surface area contributed by atoms with E-state index in [-0.39, 0.29) is 12.2 Å². The Morgan fingerprint density at radius 3 is 2.75 bits per heavy atom. The topological polar surface area (TPSA) is 49.7 Å². The van der Waals surface area contributed by atoms with Gasteiger partial charge in [0, 0.05) is 6.42 Å². The number of hydrogen-bond acceptors (Lipinski definition) is 3. The molecule has 0 spiro atoms. The maximum atomic E-state index is 9.41.